The Morgan fingerprint density at radius 1 is 0.944 bits per heavy atom. The summed E-state index contributed by atoms with van der Waals surface area (Å²) in [7, 11) is 0. The molecule has 0 atom stereocenters. The third kappa shape index (κ3) is 1.88. The molecule has 0 aliphatic rings. The molecule has 1 aromatic heterocycles. The van der Waals surface area contributed by atoms with Crippen LogP contribution in [0.25, 0.3) is 21.9 Å². The number of nitrogens with zero attached hydrogens (tertiary/aromatic N) is 1. The van der Waals surface area contributed by atoms with Gasteiger partial charge >= 0.3 is 0 Å². The molecule has 0 N–H and O–H groups in total. The van der Waals surface area contributed by atoms with Crippen LogP contribution in [0.3, 0.4) is 0 Å². The molecular weight excluding hydrogens is 218 g/mol. The van der Waals surface area contributed by atoms with Gasteiger partial charge in [-0.3, -0.25) is 4.98 Å². The largest absolute Gasteiger partial charge is 0.264 e. The highest BCUT2D eigenvalue weighted by Crippen LogP contribution is 2.28. The van der Waals surface area contributed by atoms with Gasteiger partial charge in [-0.1, -0.05) is 49.4 Å². The van der Waals surface area contributed by atoms with Crippen LogP contribution in [0.1, 0.15) is 12.5 Å². The number of aryl methyl sites for hydroxylation is 1. The Hall–Kier alpha value is -2.15. The fraction of sp³-hybridized carbons (Fsp3) is 0.118. The highest BCUT2D eigenvalue weighted by atomic mass is 14.6. The molecule has 2 aromatic carbocycles. The first kappa shape index (κ1) is 11.0. The molecule has 0 unspecified atom stereocenters. The second kappa shape index (κ2) is 4.61. The molecule has 0 saturated carbocycles. The smallest absolute Gasteiger partial charge is 0.0346 e. The van der Waals surface area contributed by atoms with Crippen LogP contribution in [-0.4, -0.2) is 4.98 Å². The maximum atomic E-state index is 4.34. The van der Waals surface area contributed by atoms with Crippen molar-refractivity contribution in [2.45, 2.75) is 13.3 Å². The molecule has 0 spiro atoms. The molecule has 0 fully saturated rings. The van der Waals surface area contributed by atoms with E-state index in [1.165, 1.54) is 27.5 Å². The Labute approximate surface area is 107 Å². The molecule has 3 rings (SSSR count). The van der Waals surface area contributed by atoms with Crippen molar-refractivity contribution in [3.8, 4) is 11.1 Å². The third-order valence-electron chi connectivity index (χ3n) is 3.30. The average molecular weight is 233 g/mol. The van der Waals surface area contributed by atoms with Gasteiger partial charge in [-0.25, -0.2) is 0 Å². The highest BCUT2D eigenvalue weighted by Gasteiger charge is 2.03. The van der Waals surface area contributed by atoms with Crippen molar-refractivity contribution >= 4 is 10.8 Å². The minimum Gasteiger partial charge on any atom is -0.264 e. The van der Waals surface area contributed by atoms with Gasteiger partial charge in [0.1, 0.15) is 0 Å². The van der Waals surface area contributed by atoms with Crippen molar-refractivity contribution in [1.29, 1.82) is 0 Å². The lowest BCUT2D eigenvalue weighted by Crippen LogP contribution is -1.86. The minimum atomic E-state index is 1.02. The van der Waals surface area contributed by atoms with Gasteiger partial charge in [-0.05, 0) is 34.4 Å². The molecule has 0 amide bonds. The Balaban J connectivity index is 2.24. The number of hydrogen-bond donors (Lipinski definition) is 0. The van der Waals surface area contributed by atoms with Crippen LogP contribution in [0.4, 0.5) is 0 Å². The van der Waals surface area contributed by atoms with Crippen LogP contribution in [0.15, 0.2) is 60.9 Å². The first-order valence-electron chi connectivity index (χ1n) is 6.30. The van der Waals surface area contributed by atoms with Gasteiger partial charge in [0.05, 0.1) is 0 Å². The summed E-state index contributed by atoms with van der Waals surface area (Å²) in [6.45, 7) is 2.16. The predicted octanol–water partition coefficient (Wildman–Crippen LogP) is 4.46. The second-order valence-corrected chi connectivity index (χ2v) is 4.46. The van der Waals surface area contributed by atoms with E-state index < -0.39 is 0 Å². The average Bonchev–Trinajstić information content (AvgIpc) is 2.47. The lowest BCUT2D eigenvalue weighted by Gasteiger charge is -2.07. The topological polar surface area (TPSA) is 12.9 Å². The second-order valence-electron chi connectivity index (χ2n) is 4.46. The molecule has 18 heavy (non-hydrogen) atoms. The summed E-state index contributed by atoms with van der Waals surface area (Å²) < 4.78 is 0. The molecule has 0 aliphatic carbocycles. The van der Waals surface area contributed by atoms with Crippen LogP contribution in [0.2, 0.25) is 0 Å². The van der Waals surface area contributed by atoms with Gasteiger partial charge in [0, 0.05) is 18.0 Å². The lowest BCUT2D eigenvalue weighted by molar-refractivity contribution is 1.10. The standard InChI is InChI=1S/C17H15N/c1-2-13-10-15(12-18-11-13)17-9-5-7-14-6-3-4-8-16(14)17/h3-12H,2H2,1H3. The van der Waals surface area contributed by atoms with Crippen LogP contribution < -0.4 is 0 Å². The predicted molar refractivity (Wildman–Crippen MR) is 76.6 cm³/mol. The fourth-order valence-electron chi connectivity index (χ4n) is 2.31. The summed E-state index contributed by atoms with van der Waals surface area (Å²) >= 11 is 0. The molecular formula is C17H15N. The Kier molecular flexibility index (Phi) is 2.81. The van der Waals surface area contributed by atoms with Crippen molar-refractivity contribution in [1.82, 2.24) is 4.98 Å². The van der Waals surface area contributed by atoms with Crippen molar-refractivity contribution in [3.05, 3.63) is 66.5 Å². The van der Waals surface area contributed by atoms with Crippen molar-refractivity contribution in [2.24, 2.45) is 0 Å². The van der Waals surface area contributed by atoms with Gasteiger partial charge < -0.3 is 0 Å². The number of rotatable bonds is 2. The van der Waals surface area contributed by atoms with E-state index in [0.29, 0.717) is 0 Å². The molecule has 0 radical (unpaired) electrons. The maximum Gasteiger partial charge on any atom is 0.0346 e. The van der Waals surface area contributed by atoms with Gasteiger partial charge in [-0.15, -0.1) is 0 Å². The number of benzene rings is 2. The summed E-state index contributed by atoms with van der Waals surface area (Å²) in [6, 6.07) is 17.1. The van der Waals surface area contributed by atoms with Gasteiger partial charge in [0.2, 0.25) is 0 Å². The maximum absolute atomic E-state index is 4.34. The van der Waals surface area contributed by atoms with E-state index >= 15 is 0 Å². The van der Waals surface area contributed by atoms with E-state index in [1.54, 1.807) is 0 Å². The Morgan fingerprint density at radius 3 is 2.67 bits per heavy atom. The number of aromatic nitrogens is 1. The molecule has 88 valence electrons. The number of fused-ring (bicyclic) bond motifs is 1. The molecule has 3 aromatic rings. The Morgan fingerprint density at radius 2 is 1.78 bits per heavy atom. The third-order valence-corrected chi connectivity index (χ3v) is 3.30. The summed E-state index contributed by atoms with van der Waals surface area (Å²) in [6.07, 6.45) is 4.90. The summed E-state index contributed by atoms with van der Waals surface area (Å²) in [5.74, 6) is 0. The molecule has 0 bridgehead atoms. The van der Waals surface area contributed by atoms with Gasteiger partial charge in [0.25, 0.3) is 0 Å². The molecule has 1 heteroatoms. The van der Waals surface area contributed by atoms with E-state index in [-0.39, 0.29) is 0 Å². The van der Waals surface area contributed by atoms with E-state index in [1.807, 2.05) is 12.4 Å². The number of hydrogen-bond acceptors (Lipinski definition) is 1. The zero-order valence-corrected chi connectivity index (χ0v) is 10.4. The minimum absolute atomic E-state index is 1.02. The molecule has 1 nitrogen and oxygen atoms in total. The summed E-state index contributed by atoms with van der Waals surface area (Å²) in [5.41, 5.74) is 3.74. The van der Waals surface area contributed by atoms with Gasteiger partial charge in [-0.2, -0.15) is 0 Å². The van der Waals surface area contributed by atoms with Crippen LogP contribution >= 0.6 is 0 Å². The SMILES string of the molecule is CCc1cncc(-c2cccc3ccccc23)c1. The van der Waals surface area contributed by atoms with Crippen molar-refractivity contribution < 1.29 is 0 Å². The lowest BCUT2D eigenvalue weighted by atomic mass is 9.98. The van der Waals surface area contributed by atoms with Crippen LogP contribution in [0, 0.1) is 0 Å². The van der Waals surface area contributed by atoms with Crippen molar-refractivity contribution in [3.63, 3.8) is 0 Å². The quantitative estimate of drug-likeness (QED) is 0.636. The molecule has 0 saturated heterocycles. The van der Waals surface area contributed by atoms with E-state index in [0.717, 1.165) is 6.42 Å². The van der Waals surface area contributed by atoms with E-state index in [4.69, 9.17) is 0 Å². The molecule has 1 heterocycles. The first-order chi connectivity index (χ1) is 8.88. The van der Waals surface area contributed by atoms with Crippen LogP contribution in [0.5, 0.6) is 0 Å². The summed E-state index contributed by atoms with van der Waals surface area (Å²) in [5, 5.41) is 2.56. The first-order valence-corrected chi connectivity index (χ1v) is 6.30. The van der Waals surface area contributed by atoms with Crippen molar-refractivity contribution in [2.75, 3.05) is 0 Å². The zero-order valence-electron chi connectivity index (χ0n) is 10.4. The number of pyridine rings is 1. The van der Waals surface area contributed by atoms with Crippen LogP contribution in [-0.2, 0) is 6.42 Å². The zero-order chi connectivity index (χ0) is 12.4. The van der Waals surface area contributed by atoms with E-state index in [2.05, 4.69) is 60.4 Å². The van der Waals surface area contributed by atoms with E-state index in [9.17, 15) is 0 Å². The Bertz CT molecular complexity index is 681. The monoisotopic (exact) mass is 233 g/mol. The summed E-state index contributed by atoms with van der Waals surface area (Å²) in [4.78, 5) is 4.34. The van der Waals surface area contributed by atoms with Gasteiger partial charge in [0.15, 0.2) is 0 Å². The normalized spacial score (nSPS) is 10.7. The highest BCUT2D eigenvalue weighted by molar-refractivity contribution is 5.96. The fourth-order valence-corrected chi connectivity index (χ4v) is 2.31. The molecule has 0 aliphatic heterocycles.